The van der Waals surface area contributed by atoms with Gasteiger partial charge in [0.15, 0.2) is 11.4 Å². The molecule has 0 unspecified atom stereocenters. The summed E-state index contributed by atoms with van der Waals surface area (Å²) in [6, 6.07) is 11.3. The zero-order valence-electron chi connectivity index (χ0n) is 22.0. The molecule has 6 rings (SSSR count). The van der Waals surface area contributed by atoms with E-state index in [9.17, 15) is 9.59 Å². The van der Waals surface area contributed by atoms with E-state index in [0.29, 0.717) is 28.1 Å². The number of nitrogens with two attached hydrogens (primary N) is 1. The Kier molecular flexibility index (Phi) is 5.91. The number of benzene rings is 1. The van der Waals surface area contributed by atoms with Gasteiger partial charge in [0.1, 0.15) is 17.8 Å². The third-order valence-electron chi connectivity index (χ3n) is 8.16. The van der Waals surface area contributed by atoms with Crippen molar-refractivity contribution in [2.75, 3.05) is 5.73 Å². The van der Waals surface area contributed by atoms with Crippen LogP contribution in [0.2, 0.25) is 0 Å². The van der Waals surface area contributed by atoms with Crippen LogP contribution >= 0.6 is 0 Å². The normalized spacial score (nSPS) is 21.5. The quantitative estimate of drug-likeness (QED) is 0.293. The summed E-state index contributed by atoms with van der Waals surface area (Å²) >= 11 is 0. The van der Waals surface area contributed by atoms with Crippen molar-refractivity contribution in [1.82, 2.24) is 30.0 Å². The molecule has 9 nitrogen and oxygen atoms in total. The lowest BCUT2D eigenvalue weighted by atomic mass is 9.91. The zero-order valence-corrected chi connectivity index (χ0v) is 22.0. The fourth-order valence-corrected chi connectivity index (χ4v) is 6.30. The van der Waals surface area contributed by atoms with Crippen LogP contribution in [0.4, 0.5) is 5.82 Å². The molecule has 4 aromatic rings. The average molecular weight is 520 g/mol. The number of anilines is 1. The molecule has 0 radical (unpaired) electrons. The van der Waals surface area contributed by atoms with Crippen molar-refractivity contribution >= 4 is 28.5 Å². The number of pyridine rings is 1. The largest absolute Gasteiger partial charge is 0.383 e. The van der Waals surface area contributed by atoms with E-state index in [1.807, 2.05) is 48.0 Å². The van der Waals surface area contributed by atoms with Crippen LogP contribution in [0.5, 0.6) is 0 Å². The number of ketones is 1. The molecule has 3 heterocycles. The van der Waals surface area contributed by atoms with Gasteiger partial charge in [0.2, 0.25) is 0 Å². The highest BCUT2D eigenvalue weighted by molar-refractivity contribution is 6.00. The van der Waals surface area contributed by atoms with Crippen LogP contribution < -0.4 is 11.1 Å². The van der Waals surface area contributed by atoms with Crippen LogP contribution in [0.3, 0.4) is 0 Å². The van der Waals surface area contributed by atoms with Gasteiger partial charge in [0.25, 0.3) is 5.91 Å². The van der Waals surface area contributed by atoms with Crippen molar-refractivity contribution in [2.24, 2.45) is 0 Å². The maximum Gasteiger partial charge on any atom is 0.296 e. The van der Waals surface area contributed by atoms with Gasteiger partial charge in [0.05, 0.1) is 17.3 Å². The van der Waals surface area contributed by atoms with Gasteiger partial charge >= 0.3 is 0 Å². The number of carbonyl (C=O) groups excluding carboxylic acids is 2. The number of hydrogen-bond donors (Lipinski definition) is 2. The highest BCUT2D eigenvalue weighted by Crippen LogP contribution is 2.55. The molecule has 2 bridgehead atoms. The summed E-state index contributed by atoms with van der Waals surface area (Å²) in [5, 5.41) is 8.93. The van der Waals surface area contributed by atoms with E-state index < -0.39 is 0 Å². The molecule has 3 aromatic heterocycles. The smallest absolute Gasteiger partial charge is 0.296 e. The summed E-state index contributed by atoms with van der Waals surface area (Å²) in [5.41, 5.74) is 10.4. The number of rotatable bonds is 6. The van der Waals surface area contributed by atoms with Crippen molar-refractivity contribution in [3.63, 3.8) is 0 Å². The number of nitrogens with zero attached hydrogens (tertiary/aromatic N) is 5. The molecule has 2 aliphatic carbocycles. The van der Waals surface area contributed by atoms with Gasteiger partial charge in [-0.05, 0) is 69.6 Å². The lowest BCUT2D eigenvalue weighted by molar-refractivity contribution is -0.117. The molecule has 2 saturated carbocycles. The number of fused-ring (bicyclic) bond motifs is 3. The second kappa shape index (κ2) is 9.31. The van der Waals surface area contributed by atoms with Crippen LogP contribution in [0.15, 0.2) is 48.9 Å². The van der Waals surface area contributed by atoms with Gasteiger partial charge < -0.3 is 11.1 Å². The van der Waals surface area contributed by atoms with Crippen LogP contribution in [0.1, 0.15) is 60.6 Å². The molecule has 0 saturated heterocycles. The van der Waals surface area contributed by atoms with Crippen LogP contribution in [-0.4, -0.2) is 42.0 Å². The lowest BCUT2D eigenvalue weighted by Crippen LogP contribution is -2.44. The summed E-state index contributed by atoms with van der Waals surface area (Å²) in [6.07, 6.45) is 7.64. The zero-order chi connectivity index (χ0) is 27.2. The van der Waals surface area contributed by atoms with Gasteiger partial charge in [-0.1, -0.05) is 30.2 Å². The van der Waals surface area contributed by atoms with Crippen molar-refractivity contribution < 1.29 is 9.59 Å². The summed E-state index contributed by atoms with van der Waals surface area (Å²) in [5.74, 6) is 5.41. The van der Waals surface area contributed by atoms with E-state index >= 15 is 0 Å². The van der Waals surface area contributed by atoms with E-state index in [2.05, 4.69) is 32.1 Å². The maximum absolute atomic E-state index is 12.9. The minimum Gasteiger partial charge on any atom is -0.383 e. The van der Waals surface area contributed by atoms with Gasteiger partial charge in [0, 0.05) is 28.6 Å². The summed E-state index contributed by atoms with van der Waals surface area (Å²) < 4.78 is 2.00. The lowest BCUT2D eigenvalue weighted by Gasteiger charge is -2.28. The fourth-order valence-electron chi connectivity index (χ4n) is 6.30. The molecule has 0 aliphatic heterocycles. The molecule has 0 atom stereocenters. The van der Waals surface area contributed by atoms with Crippen molar-refractivity contribution in [3.8, 4) is 23.1 Å². The molecule has 2 aliphatic rings. The Morgan fingerprint density at radius 2 is 1.85 bits per heavy atom. The predicted octanol–water partition coefficient (Wildman–Crippen LogP) is 3.76. The summed E-state index contributed by atoms with van der Waals surface area (Å²) in [7, 11) is 0. The number of hydrogen-bond acceptors (Lipinski definition) is 7. The topological polar surface area (TPSA) is 129 Å². The Morgan fingerprint density at radius 1 is 1.08 bits per heavy atom. The molecule has 1 aromatic carbocycles. The molecule has 0 spiro atoms. The van der Waals surface area contributed by atoms with E-state index in [0.717, 1.165) is 48.9 Å². The van der Waals surface area contributed by atoms with Crippen molar-refractivity contribution in [1.29, 1.82) is 0 Å². The Bertz CT molecular complexity index is 1670. The Morgan fingerprint density at radius 3 is 2.56 bits per heavy atom. The number of Topliss-reactive ketones (excluding diaryl/α,β-unsaturated/α-hetero) is 1. The molecule has 196 valence electrons. The number of nitrogen functional groups attached to an aromatic ring is 1. The van der Waals surface area contributed by atoms with E-state index in [1.54, 1.807) is 13.1 Å². The molecular formula is C30H29N7O2. The second-order valence-corrected chi connectivity index (χ2v) is 10.7. The first-order chi connectivity index (χ1) is 18.8. The molecule has 39 heavy (non-hydrogen) atoms. The predicted molar refractivity (Wildman–Crippen MR) is 148 cm³/mol. The first-order valence-electron chi connectivity index (χ1n) is 13.1. The molecule has 3 N–H and O–H groups in total. The standard InChI is InChI=1S/C30H29N7O2/c1-3-4-24(39)35-29-10-12-30(17-29,13-11-29)37-28-25(27(31)33-18-34-28)26(36-37)21-7-5-20(6-8-21)23(38)16-22-15-19(2)9-14-32-22/h5-9,14-15,18H,10-13,16-17H2,1-2H3,(H,35,39)(H2,31,33,34). The van der Waals surface area contributed by atoms with E-state index in [1.165, 1.54) is 6.33 Å². The number of aryl methyl sites for hydroxylation is 1. The summed E-state index contributed by atoms with van der Waals surface area (Å²) in [6.45, 7) is 3.65. The fraction of sp³-hybridized carbons (Fsp3) is 0.333. The van der Waals surface area contributed by atoms with Gasteiger partial charge in [-0.3, -0.25) is 14.6 Å². The van der Waals surface area contributed by atoms with E-state index in [4.69, 9.17) is 10.8 Å². The van der Waals surface area contributed by atoms with Gasteiger partial charge in [-0.15, -0.1) is 0 Å². The number of amides is 1. The SMILES string of the molecule is CC#CC(=O)NC12CCC(n3nc(-c4ccc(C(=O)Cc5cc(C)ccn5)cc4)c4c(N)ncnc43)(CC1)C2. The van der Waals surface area contributed by atoms with Gasteiger partial charge in [-0.2, -0.15) is 5.10 Å². The van der Waals surface area contributed by atoms with Crippen LogP contribution in [0.25, 0.3) is 22.3 Å². The first kappa shape index (κ1) is 24.7. The highest BCUT2D eigenvalue weighted by atomic mass is 16.1. The molecule has 1 amide bonds. The first-order valence-corrected chi connectivity index (χ1v) is 13.1. The van der Waals surface area contributed by atoms with Crippen molar-refractivity contribution in [2.45, 2.75) is 63.5 Å². The molecule has 9 heteroatoms. The van der Waals surface area contributed by atoms with Crippen molar-refractivity contribution in [3.05, 3.63) is 65.7 Å². The Balaban J connectivity index is 1.33. The van der Waals surface area contributed by atoms with Crippen LogP contribution in [0, 0.1) is 18.8 Å². The monoisotopic (exact) mass is 519 g/mol. The third-order valence-corrected chi connectivity index (χ3v) is 8.16. The summed E-state index contributed by atoms with van der Waals surface area (Å²) in [4.78, 5) is 38.4. The average Bonchev–Trinajstić information content (AvgIpc) is 3.60. The number of nitrogens with one attached hydrogen (secondary N) is 1. The second-order valence-electron chi connectivity index (χ2n) is 10.7. The molecular weight excluding hydrogens is 490 g/mol. The molecule has 2 fully saturated rings. The number of aromatic nitrogens is 5. The minimum atomic E-state index is -0.286. The highest BCUT2D eigenvalue weighted by Gasteiger charge is 2.57. The van der Waals surface area contributed by atoms with Crippen LogP contribution in [-0.2, 0) is 16.8 Å². The maximum atomic E-state index is 12.9. The third kappa shape index (κ3) is 4.32. The minimum absolute atomic E-state index is 0.000153. The van der Waals surface area contributed by atoms with Gasteiger partial charge in [-0.25, -0.2) is 14.6 Å². The Hall–Kier alpha value is -4.58. The number of carbonyl (C=O) groups is 2. The Labute approximate surface area is 226 Å². The van der Waals surface area contributed by atoms with E-state index in [-0.39, 0.29) is 29.2 Å².